The molecule has 3 aromatic heterocycles. The molecule has 0 saturated carbocycles. The molecule has 0 saturated heterocycles. The van der Waals surface area contributed by atoms with Crippen LogP contribution in [-0.2, 0) is 13.6 Å². The first-order valence-electron chi connectivity index (χ1n) is 6.45. The van der Waals surface area contributed by atoms with Gasteiger partial charge in [0.1, 0.15) is 5.65 Å². The van der Waals surface area contributed by atoms with E-state index in [1.165, 1.54) is 0 Å². The Bertz CT molecular complexity index is 805. The van der Waals surface area contributed by atoms with Gasteiger partial charge in [0.15, 0.2) is 11.5 Å². The highest BCUT2D eigenvalue weighted by Gasteiger charge is 2.21. The van der Waals surface area contributed by atoms with E-state index in [1.807, 2.05) is 31.3 Å². The van der Waals surface area contributed by atoms with E-state index in [4.69, 9.17) is 0 Å². The zero-order valence-electron chi connectivity index (χ0n) is 11.8. The zero-order chi connectivity index (χ0) is 15.0. The van der Waals surface area contributed by atoms with Crippen molar-refractivity contribution >= 4 is 17.4 Å². The molecule has 0 aromatic carbocycles. The smallest absolute Gasteiger partial charge is 0.356 e. The minimum Gasteiger partial charge on any atom is -0.476 e. The van der Waals surface area contributed by atoms with Gasteiger partial charge in [-0.3, -0.25) is 9.08 Å². The number of imidazole rings is 1. The molecule has 3 aromatic rings. The molecule has 0 aliphatic heterocycles. The molecule has 0 unspecified atom stereocenters. The highest BCUT2D eigenvalue weighted by molar-refractivity contribution is 5.93. The molecule has 3 heterocycles. The lowest BCUT2D eigenvalue weighted by molar-refractivity contribution is 0.0690. The van der Waals surface area contributed by atoms with Gasteiger partial charge in [-0.25, -0.2) is 9.78 Å². The van der Waals surface area contributed by atoms with Gasteiger partial charge in [0, 0.05) is 38.6 Å². The van der Waals surface area contributed by atoms with E-state index in [-0.39, 0.29) is 5.69 Å². The van der Waals surface area contributed by atoms with E-state index in [0.29, 0.717) is 18.0 Å². The number of aromatic nitrogens is 4. The van der Waals surface area contributed by atoms with Crippen molar-refractivity contribution < 1.29 is 9.90 Å². The van der Waals surface area contributed by atoms with Crippen molar-refractivity contribution in [2.45, 2.75) is 6.54 Å². The molecule has 0 amide bonds. The number of hydrogen-bond acceptors (Lipinski definition) is 4. The summed E-state index contributed by atoms with van der Waals surface area (Å²) in [6.45, 7) is 0.540. The Morgan fingerprint density at radius 2 is 2.24 bits per heavy atom. The minimum atomic E-state index is -0.998. The number of nitrogens with zero attached hydrogens (tertiary/aromatic N) is 5. The van der Waals surface area contributed by atoms with Crippen LogP contribution in [0.2, 0.25) is 0 Å². The summed E-state index contributed by atoms with van der Waals surface area (Å²) in [5.41, 5.74) is 1.77. The molecule has 0 aliphatic carbocycles. The number of aromatic carboxylic acids is 1. The third-order valence-corrected chi connectivity index (χ3v) is 3.25. The first-order valence-corrected chi connectivity index (χ1v) is 6.45. The lowest BCUT2D eigenvalue weighted by atomic mass is 10.3. The van der Waals surface area contributed by atoms with Gasteiger partial charge in [-0.15, -0.1) is 0 Å². The Labute approximate surface area is 121 Å². The van der Waals surface area contributed by atoms with Crippen LogP contribution < -0.4 is 4.90 Å². The van der Waals surface area contributed by atoms with Gasteiger partial charge >= 0.3 is 5.97 Å². The molecule has 3 rings (SSSR count). The fourth-order valence-electron chi connectivity index (χ4n) is 2.35. The molecule has 0 spiro atoms. The number of fused-ring (bicyclic) bond motifs is 1. The summed E-state index contributed by atoms with van der Waals surface area (Å²) in [6.07, 6.45) is 5.35. The third kappa shape index (κ3) is 2.33. The number of pyridine rings is 1. The molecule has 0 radical (unpaired) electrons. The van der Waals surface area contributed by atoms with Crippen molar-refractivity contribution in [2.75, 3.05) is 11.9 Å². The summed E-state index contributed by atoms with van der Waals surface area (Å²) in [4.78, 5) is 17.8. The van der Waals surface area contributed by atoms with Gasteiger partial charge in [0.05, 0.1) is 6.20 Å². The van der Waals surface area contributed by atoms with Crippen molar-refractivity contribution in [3.05, 3.63) is 48.0 Å². The summed E-state index contributed by atoms with van der Waals surface area (Å²) >= 11 is 0. The average Bonchev–Trinajstić information content (AvgIpc) is 3.02. The second kappa shape index (κ2) is 4.93. The monoisotopic (exact) mass is 285 g/mol. The van der Waals surface area contributed by atoms with Crippen LogP contribution in [0.15, 0.2) is 36.8 Å². The van der Waals surface area contributed by atoms with Gasteiger partial charge < -0.3 is 10.0 Å². The summed E-state index contributed by atoms with van der Waals surface area (Å²) in [7, 11) is 3.66. The maximum atomic E-state index is 11.6. The average molecular weight is 285 g/mol. The standard InChI is InChI=1S/C14H15N5O2/c1-17(8-10-7-15-18(2)9-10)13-12(14(20)21)19-6-4-3-5-11(19)16-13/h3-7,9H,8H2,1-2H3,(H,20,21). The highest BCUT2D eigenvalue weighted by Crippen LogP contribution is 2.22. The van der Waals surface area contributed by atoms with E-state index in [2.05, 4.69) is 10.1 Å². The quantitative estimate of drug-likeness (QED) is 0.784. The van der Waals surface area contributed by atoms with E-state index in [1.54, 1.807) is 33.6 Å². The lowest BCUT2D eigenvalue weighted by Gasteiger charge is -2.16. The molecule has 0 bridgehead atoms. The van der Waals surface area contributed by atoms with Crippen molar-refractivity contribution in [3.8, 4) is 0 Å². The number of anilines is 1. The number of carboxylic acid groups (broad SMARTS) is 1. The topological polar surface area (TPSA) is 75.7 Å². The first kappa shape index (κ1) is 13.2. The van der Waals surface area contributed by atoms with Crippen molar-refractivity contribution in [1.29, 1.82) is 0 Å². The summed E-state index contributed by atoms with van der Waals surface area (Å²) < 4.78 is 3.29. The molecule has 0 atom stereocenters. The van der Waals surface area contributed by atoms with Gasteiger partial charge in [0.25, 0.3) is 0 Å². The van der Waals surface area contributed by atoms with Crippen molar-refractivity contribution in [3.63, 3.8) is 0 Å². The Morgan fingerprint density at radius 1 is 1.43 bits per heavy atom. The zero-order valence-corrected chi connectivity index (χ0v) is 11.8. The van der Waals surface area contributed by atoms with E-state index >= 15 is 0 Å². The Morgan fingerprint density at radius 3 is 2.90 bits per heavy atom. The second-order valence-corrected chi connectivity index (χ2v) is 4.90. The SMILES string of the molecule is CN(Cc1cnn(C)c1)c1nc2ccccn2c1C(=O)O. The maximum Gasteiger partial charge on any atom is 0.356 e. The lowest BCUT2D eigenvalue weighted by Crippen LogP contribution is -2.19. The molecular weight excluding hydrogens is 270 g/mol. The van der Waals surface area contributed by atoms with E-state index < -0.39 is 5.97 Å². The number of carboxylic acids is 1. The van der Waals surface area contributed by atoms with Crippen LogP contribution in [0.3, 0.4) is 0 Å². The van der Waals surface area contributed by atoms with Crippen molar-refractivity contribution in [1.82, 2.24) is 19.2 Å². The number of carbonyl (C=O) groups is 1. The van der Waals surface area contributed by atoms with Gasteiger partial charge in [0.2, 0.25) is 0 Å². The minimum absolute atomic E-state index is 0.164. The second-order valence-electron chi connectivity index (χ2n) is 4.90. The van der Waals surface area contributed by atoms with Crippen LogP contribution in [0.1, 0.15) is 16.1 Å². The first-order chi connectivity index (χ1) is 10.1. The summed E-state index contributed by atoms with van der Waals surface area (Å²) in [5.74, 6) is -0.556. The fraction of sp³-hybridized carbons (Fsp3) is 0.214. The molecule has 0 aliphatic rings. The summed E-state index contributed by atoms with van der Waals surface area (Å²) in [6, 6.07) is 5.40. The van der Waals surface area contributed by atoms with Crippen LogP contribution >= 0.6 is 0 Å². The largest absolute Gasteiger partial charge is 0.476 e. The predicted octanol–water partition coefficient (Wildman–Crippen LogP) is 1.40. The Balaban J connectivity index is 2.02. The molecule has 7 nitrogen and oxygen atoms in total. The molecule has 7 heteroatoms. The Kier molecular flexibility index (Phi) is 3.09. The van der Waals surface area contributed by atoms with Gasteiger partial charge in [-0.2, -0.15) is 5.10 Å². The molecule has 1 N–H and O–H groups in total. The van der Waals surface area contributed by atoms with E-state index in [9.17, 15) is 9.90 Å². The van der Waals surface area contributed by atoms with Crippen LogP contribution in [-0.4, -0.2) is 37.3 Å². The maximum absolute atomic E-state index is 11.6. The van der Waals surface area contributed by atoms with E-state index in [0.717, 1.165) is 5.56 Å². The highest BCUT2D eigenvalue weighted by atomic mass is 16.4. The summed E-state index contributed by atoms with van der Waals surface area (Å²) in [5, 5.41) is 13.6. The number of aryl methyl sites for hydroxylation is 1. The van der Waals surface area contributed by atoms with Gasteiger partial charge in [-0.1, -0.05) is 6.07 Å². The van der Waals surface area contributed by atoms with Gasteiger partial charge in [-0.05, 0) is 12.1 Å². The molecule has 108 valence electrons. The number of hydrogen-bond donors (Lipinski definition) is 1. The third-order valence-electron chi connectivity index (χ3n) is 3.25. The Hall–Kier alpha value is -2.83. The fourth-order valence-corrected chi connectivity index (χ4v) is 2.35. The molecule has 0 fully saturated rings. The van der Waals surface area contributed by atoms with Crippen LogP contribution in [0.4, 0.5) is 5.82 Å². The van der Waals surface area contributed by atoms with Crippen LogP contribution in [0.5, 0.6) is 0 Å². The molecule has 21 heavy (non-hydrogen) atoms. The van der Waals surface area contributed by atoms with Crippen molar-refractivity contribution in [2.24, 2.45) is 7.05 Å². The predicted molar refractivity (Wildman–Crippen MR) is 77.5 cm³/mol. The van der Waals surface area contributed by atoms with Crippen LogP contribution in [0.25, 0.3) is 5.65 Å². The molecular formula is C14H15N5O2. The normalized spacial score (nSPS) is 11.0. The number of rotatable bonds is 4. The van der Waals surface area contributed by atoms with Crippen LogP contribution in [0, 0.1) is 0 Å².